The van der Waals surface area contributed by atoms with Crippen LogP contribution in [0.4, 0.5) is 5.69 Å². The minimum atomic E-state index is -0.0429. The second-order valence-corrected chi connectivity index (χ2v) is 7.04. The van der Waals surface area contributed by atoms with Crippen molar-refractivity contribution in [3.05, 3.63) is 29.8 Å². The van der Waals surface area contributed by atoms with Gasteiger partial charge in [0.15, 0.2) is 0 Å². The summed E-state index contributed by atoms with van der Waals surface area (Å²) >= 11 is 0. The molecule has 5 heteroatoms. The molecule has 1 aromatic rings. The van der Waals surface area contributed by atoms with E-state index >= 15 is 0 Å². The van der Waals surface area contributed by atoms with E-state index in [1.54, 1.807) is 0 Å². The smallest absolute Gasteiger partial charge is 0.241 e. The average molecular weight is 353 g/mol. The van der Waals surface area contributed by atoms with E-state index in [4.69, 9.17) is 4.74 Å². The number of ether oxygens (including phenoxy) is 1. The standard InChI is InChI=1S/C19H28N2O2.ClH/c1-14-5-2-8-17(11-14)23-13-15-6-3-7-16(12-15)21-19(22)18-9-4-10-20-18;/h3,6-7,12,14,17-18,20H,2,4-5,8-11,13H2,1H3,(H,21,22);1H. The van der Waals surface area contributed by atoms with E-state index in [-0.39, 0.29) is 24.4 Å². The second-order valence-electron chi connectivity index (χ2n) is 7.04. The van der Waals surface area contributed by atoms with Gasteiger partial charge >= 0.3 is 0 Å². The third-order valence-electron chi connectivity index (χ3n) is 4.95. The molecule has 4 nitrogen and oxygen atoms in total. The Labute approximate surface area is 151 Å². The predicted molar refractivity (Wildman–Crippen MR) is 99.6 cm³/mol. The Kier molecular flexibility index (Phi) is 7.53. The summed E-state index contributed by atoms with van der Waals surface area (Å²) in [7, 11) is 0. The molecule has 3 unspecified atom stereocenters. The molecule has 3 rings (SSSR count). The molecule has 1 amide bonds. The van der Waals surface area contributed by atoms with Crippen molar-refractivity contribution in [3.8, 4) is 0 Å². The van der Waals surface area contributed by atoms with Gasteiger partial charge in [-0.1, -0.05) is 31.9 Å². The molecule has 1 aliphatic heterocycles. The minimum Gasteiger partial charge on any atom is -0.374 e. The zero-order valence-electron chi connectivity index (χ0n) is 14.4. The Bertz CT molecular complexity index is 532. The molecular weight excluding hydrogens is 324 g/mol. The largest absolute Gasteiger partial charge is 0.374 e. The number of amides is 1. The number of halogens is 1. The van der Waals surface area contributed by atoms with Crippen molar-refractivity contribution in [3.63, 3.8) is 0 Å². The Balaban J connectivity index is 0.00000208. The molecule has 0 radical (unpaired) electrons. The van der Waals surface area contributed by atoms with Crippen LogP contribution in [0.5, 0.6) is 0 Å². The van der Waals surface area contributed by atoms with Gasteiger partial charge in [0.05, 0.1) is 18.8 Å². The van der Waals surface area contributed by atoms with Crippen molar-refractivity contribution < 1.29 is 9.53 Å². The summed E-state index contributed by atoms with van der Waals surface area (Å²) in [5.74, 6) is 0.847. The van der Waals surface area contributed by atoms with Crippen molar-refractivity contribution in [2.24, 2.45) is 5.92 Å². The Hall–Kier alpha value is -1.10. The number of benzene rings is 1. The fourth-order valence-electron chi connectivity index (χ4n) is 3.62. The van der Waals surface area contributed by atoms with Crippen molar-refractivity contribution in [1.29, 1.82) is 0 Å². The van der Waals surface area contributed by atoms with Gasteiger partial charge in [-0.3, -0.25) is 4.79 Å². The number of rotatable bonds is 5. The van der Waals surface area contributed by atoms with Gasteiger partial charge in [-0.2, -0.15) is 0 Å². The molecule has 0 bridgehead atoms. The molecule has 2 N–H and O–H groups in total. The van der Waals surface area contributed by atoms with E-state index in [9.17, 15) is 4.79 Å². The van der Waals surface area contributed by atoms with Crippen molar-refractivity contribution in [2.45, 2.75) is 64.2 Å². The molecular formula is C19H29ClN2O2. The molecule has 2 fully saturated rings. The molecule has 24 heavy (non-hydrogen) atoms. The lowest BCUT2D eigenvalue weighted by atomic mass is 9.89. The van der Waals surface area contributed by atoms with Crippen LogP contribution in [0.25, 0.3) is 0 Å². The average Bonchev–Trinajstić information content (AvgIpc) is 3.08. The molecule has 1 aliphatic carbocycles. The van der Waals surface area contributed by atoms with Crippen LogP contribution in [-0.4, -0.2) is 24.6 Å². The molecule has 0 spiro atoms. The fourth-order valence-corrected chi connectivity index (χ4v) is 3.62. The summed E-state index contributed by atoms with van der Waals surface area (Å²) in [6.45, 7) is 3.87. The van der Waals surface area contributed by atoms with Crippen molar-refractivity contribution in [1.82, 2.24) is 5.32 Å². The van der Waals surface area contributed by atoms with Gasteiger partial charge in [-0.15, -0.1) is 12.4 Å². The molecule has 1 saturated carbocycles. The van der Waals surface area contributed by atoms with Gasteiger partial charge in [-0.25, -0.2) is 0 Å². The molecule has 134 valence electrons. The van der Waals surface area contributed by atoms with Gasteiger partial charge in [-0.05, 0) is 55.8 Å². The molecule has 1 saturated heterocycles. The number of carbonyl (C=O) groups excluding carboxylic acids is 1. The first-order valence-corrected chi connectivity index (χ1v) is 8.95. The van der Waals surface area contributed by atoms with Crippen LogP contribution in [0.2, 0.25) is 0 Å². The van der Waals surface area contributed by atoms with Crippen LogP contribution in [0.15, 0.2) is 24.3 Å². The van der Waals surface area contributed by atoms with E-state index in [0.29, 0.717) is 12.7 Å². The summed E-state index contributed by atoms with van der Waals surface area (Å²) in [4.78, 5) is 12.2. The lowest BCUT2D eigenvalue weighted by molar-refractivity contribution is -0.117. The van der Waals surface area contributed by atoms with Gasteiger partial charge in [0.25, 0.3) is 0 Å². The maximum Gasteiger partial charge on any atom is 0.241 e. The van der Waals surface area contributed by atoms with E-state index in [0.717, 1.165) is 36.6 Å². The van der Waals surface area contributed by atoms with Crippen LogP contribution < -0.4 is 10.6 Å². The van der Waals surface area contributed by atoms with Crippen LogP contribution in [0.3, 0.4) is 0 Å². The Morgan fingerprint density at radius 1 is 1.29 bits per heavy atom. The Morgan fingerprint density at radius 3 is 2.92 bits per heavy atom. The maximum absolute atomic E-state index is 12.2. The molecule has 1 heterocycles. The monoisotopic (exact) mass is 352 g/mol. The van der Waals surface area contributed by atoms with Crippen LogP contribution in [-0.2, 0) is 16.1 Å². The maximum atomic E-state index is 12.2. The quantitative estimate of drug-likeness (QED) is 0.845. The summed E-state index contributed by atoms with van der Waals surface area (Å²) in [6.07, 6.45) is 7.34. The molecule has 1 aromatic carbocycles. The van der Waals surface area contributed by atoms with Gasteiger partial charge in [0, 0.05) is 5.69 Å². The van der Waals surface area contributed by atoms with Crippen LogP contribution in [0, 0.1) is 5.92 Å². The van der Waals surface area contributed by atoms with E-state index in [1.807, 2.05) is 18.2 Å². The highest BCUT2D eigenvalue weighted by molar-refractivity contribution is 5.95. The van der Waals surface area contributed by atoms with Gasteiger partial charge in [0.1, 0.15) is 0 Å². The number of nitrogens with one attached hydrogen (secondary N) is 2. The molecule has 3 atom stereocenters. The summed E-state index contributed by atoms with van der Waals surface area (Å²) in [6, 6.07) is 7.98. The summed E-state index contributed by atoms with van der Waals surface area (Å²) in [5.41, 5.74) is 1.99. The lowest BCUT2D eigenvalue weighted by Gasteiger charge is -2.26. The van der Waals surface area contributed by atoms with Gasteiger partial charge < -0.3 is 15.4 Å². The third kappa shape index (κ3) is 5.47. The van der Waals surface area contributed by atoms with Crippen molar-refractivity contribution in [2.75, 3.05) is 11.9 Å². The zero-order chi connectivity index (χ0) is 16.1. The first-order chi connectivity index (χ1) is 11.2. The molecule has 0 aromatic heterocycles. The number of carbonyl (C=O) groups is 1. The number of hydrogen-bond donors (Lipinski definition) is 2. The number of anilines is 1. The predicted octanol–water partition coefficient (Wildman–Crippen LogP) is 3.89. The van der Waals surface area contributed by atoms with E-state index < -0.39 is 0 Å². The normalized spacial score (nSPS) is 26.6. The van der Waals surface area contributed by atoms with E-state index in [1.165, 1.54) is 25.7 Å². The summed E-state index contributed by atoms with van der Waals surface area (Å²) in [5, 5.41) is 6.24. The SMILES string of the molecule is CC1CCCC(OCc2cccc(NC(=O)C3CCCN3)c2)C1.Cl. The third-order valence-corrected chi connectivity index (χ3v) is 4.95. The summed E-state index contributed by atoms with van der Waals surface area (Å²) < 4.78 is 6.07. The lowest BCUT2D eigenvalue weighted by Crippen LogP contribution is -2.35. The van der Waals surface area contributed by atoms with E-state index in [2.05, 4.69) is 23.6 Å². The first kappa shape index (κ1) is 19.2. The molecule has 2 aliphatic rings. The second kappa shape index (κ2) is 9.40. The van der Waals surface area contributed by atoms with Crippen LogP contribution in [0.1, 0.15) is 51.0 Å². The topological polar surface area (TPSA) is 50.4 Å². The highest BCUT2D eigenvalue weighted by Crippen LogP contribution is 2.26. The highest BCUT2D eigenvalue weighted by Gasteiger charge is 2.22. The fraction of sp³-hybridized carbons (Fsp3) is 0.632. The minimum absolute atomic E-state index is 0. The van der Waals surface area contributed by atoms with Crippen LogP contribution >= 0.6 is 12.4 Å². The number of hydrogen-bond acceptors (Lipinski definition) is 3. The highest BCUT2D eigenvalue weighted by atomic mass is 35.5. The van der Waals surface area contributed by atoms with Crippen molar-refractivity contribution >= 4 is 24.0 Å². The zero-order valence-corrected chi connectivity index (χ0v) is 15.2. The Morgan fingerprint density at radius 2 is 2.17 bits per heavy atom. The van der Waals surface area contributed by atoms with Gasteiger partial charge in [0.2, 0.25) is 5.91 Å². The first-order valence-electron chi connectivity index (χ1n) is 8.95.